The molecular formula is C14H15ClN2O3. The van der Waals surface area contributed by atoms with E-state index in [1.165, 1.54) is 6.07 Å². The van der Waals surface area contributed by atoms with Gasteiger partial charge in [0, 0.05) is 18.0 Å². The number of aliphatic hydroxyl groups is 1. The van der Waals surface area contributed by atoms with Gasteiger partial charge in [-0.15, -0.1) is 0 Å². The zero-order chi connectivity index (χ0) is 14.9. The number of hydrogen-bond acceptors (Lipinski definition) is 5. The van der Waals surface area contributed by atoms with E-state index in [2.05, 4.69) is 10.3 Å². The van der Waals surface area contributed by atoms with Gasteiger partial charge in [0.2, 0.25) is 0 Å². The van der Waals surface area contributed by atoms with E-state index in [4.69, 9.17) is 16.0 Å². The second kappa shape index (κ2) is 5.64. The smallest absolute Gasteiger partial charge is 0.193 e. The van der Waals surface area contributed by atoms with Crippen LogP contribution >= 0.6 is 11.6 Å². The summed E-state index contributed by atoms with van der Waals surface area (Å²) < 4.78 is 5.36. The van der Waals surface area contributed by atoms with E-state index in [9.17, 15) is 9.90 Å². The van der Waals surface area contributed by atoms with Crippen molar-refractivity contribution in [2.45, 2.75) is 27.0 Å². The largest absolute Gasteiger partial charge is 0.466 e. The number of aliphatic hydroxyl groups excluding tert-OH is 1. The molecule has 0 saturated heterocycles. The molecule has 0 aliphatic carbocycles. The fourth-order valence-corrected chi connectivity index (χ4v) is 2.12. The summed E-state index contributed by atoms with van der Waals surface area (Å²) in [5.74, 6) is 0.888. The summed E-state index contributed by atoms with van der Waals surface area (Å²) in [6.07, 6.45) is 0.408. The molecule has 6 heteroatoms. The Kier molecular flexibility index (Phi) is 4.11. The maximum atomic E-state index is 11.9. The Bertz CT molecular complexity index is 697. The number of hydrogen-bond donors (Lipinski definition) is 2. The molecule has 0 spiro atoms. The number of nitrogens with zero attached hydrogens (tertiary/aromatic N) is 1. The average molecular weight is 295 g/mol. The van der Waals surface area contributed by atoms with E-state index in [-0.39, 0.29) is 11.0 Å². The van der Waals surface area contributed by atoms with Crippen molar-refractivity contribution in [1.82, 2.24) is 4.98 Å². The van der Waals surface area contributed by atoms with Crippen LogP contribution in [0.4, 0.5) is 5.69 Å². The fraction of sp³-hybridized carbons (Fsp3) is 0.286. The first-order valence-electron chi connectivity index (χ1n) is 6.06. The third-order valence-corrected chi connectivity index (χ3v) is 3.14. The van der Waals surface area contributed by atoms with Gasteiger partial charge in [0.25, 0.3) is 0 Å². The first-order chi connectivity index (χ1) is 9.38. The molecule has 5 nitrogen and oxygen atoms in total. The van der Waals surface area contributed by atoms with Crippen LogP contribution < -0.4 is 10.7 Å². The molecular weight excluding hydrogens is 280 g/mol. The van der Waals surface area contributed by atoms with Crippen LogP contribution in [0.5, 0.6) is 0 Å². The predicted octanol–water partition coefficient (Wildman–Crippen LogP) is 2.72. The van der Waals surface area contributed by atoms with Crippen LogP contribution in [0.25, 0.3) is 0 Å². The van der Waals surface area contributed by atoms with Crippen molar-refractivity contribution >= 4 is 17.3 Å². The highest BCUT2D eigenvalue weighted by molar-refractivity contribution is 6.29. The third-order valence-electron chi connectivity index (χ3n) is 2.93. The fourth-order valence-electron chi connectivity index (χ4n) is 1.96. The molecule has 20 heavy (non-hydrogen) atoms. The summed E-state index contributed by atoms with van der Waals surface area (Å²) in [6, 6.07) is 2.94. The minimum absolute atomic E-state index is 0.183. The molecule has 0 amide bonds. The second-order valence-corrected chi connectivity index (χ2v) is 4.95. The molecule has 2 aromatic rings. The normalized spacial score (nSPS) is 12.2. The van der Waals surface area contributed by atoms with Crippen molar-refractivity contribution < 1.29 is 9.52 Å². The maximum Gasteiger partial charge on any atom is 0.193 e. The van der Waals surface area contributed by atoms with E-state index in [1.807, 2.05) is 6.92 Å². The number of aromatic nitrogens is 1. The number of aryl methyl sites for hydroxylation is 3. The molecule has 0 aliphatic heterocycles. The Balaban J connectivity index is 2.36. The SMILES string of the molecule is Cc1cc(=O)c(C(O)Nc2cc(Cl)ncc2C)c(C)o1. The number of anilines is 1. The van der Waals surface area contributed by atoms with Crippen LogP contribution in [0.15, 0.2) is 27.5 Å². The molecule has 1 atom stereocenters. The summed E-state index contributed by atoms with van der Waals surface area (Å²) in [5, 5.41) is 13.4. The van der Waals surface area contributed by atoms with Gasteiger partial charge in [-0.2, -0.15) is 0 Å². The number of nitrogens with one attached hydrogen (secondary N) is 1. The van der Waals surface area contributed by atoms with E-state index in [0.717, 1.165) is 5.56 Å². The molecule has 106 valence electrons. The molecule has 0 bridgehead atoms. The summed E-state index contributed by atoms with van der Waals surface area (Å²) in [6.45, 7) is 5.15. The molecule has 0 aromatic carbocycles. The minimum atomic E-state index is -1.18. The molecule has 0 radical (unpaired) electrons. The van der Waals surface area contributed by atoms with Gasteiger partial charge in [-0.3, -0.25) is 4.79 Å². The lowest BCUT2D eigenvalue weighted by Gasteiger charge is -2.17. The van der Waals surface area contributed by atoms with Gasteiger partial charge in [-0.05, 0) is 32.4 Å². The number of rotatable bonds is 3. The van der Waals surface area contributed by atoms with Gasteiger partial charge >= 0.3 is 0 Å². The molecule has 0 saturated carbocycles. The van der Waals surface area contributed by atoms with Crippen LogP contribution in [0.1, 0.15) is 28.9 Å². The number of pyridine rings is 1. The van der Waals surface area contributed by atoms with Crippen molar-refractivity contribution in [3.63, 3.8) is 0 Å². The maximum absolute atomic E-state index is 11.9. The predicted molar refractivity (Wildman–Crippen MR) is 77.0 cm³/mol. The van der Waals surface area contributed by atoms with E-state index >= 15 is 0 Å². The highest BCUT2D eigenvalue weighted by Crippen LogP contribution is 2.23. The van der Waals surface area contributed by atoms with Gasteiger partial charge < -0.3 is 14.8 Å². The molecule has 2 rings (SSSR count). The van der Waals surface area contributed by atoms with Gasteiger partial charge in [0.15, 0.2) is 11.7 Å². The summed E-state index contributed by atoms with van der Waals surface area (Å²) in [7, 11) is 0. The Morgan fingerprint density at radius 2 is 2.05 bits per heavy atom. The first kappa shape index (κ1) is 14.6. The zero-order valence-corrected chi connectivity index (χ0v) is 12.2. The minimum Gasteiger partial charge on any atom is -0.466 e. The molecule has 0 fully saturated rings. The topological polar surface area (TPSA) is 75.4 Å². The Morgan fingerprint density at radius 1 is 1.35 bits per heavy atom. The Labute approximate surface area is 121 Å². The quantitative estimate of drug-likeness (QED) is 0.672. The molecule has 2 N–H and O–H groups in total. The van der Waals surface area contributed by atoms with Gasteiger partial charge in [0.1, 0.15) is 16.7 Å². The van der Waals surface area contributed by atoms with Gasteiger partial charge in [-0.25, -0.2) is 4.98 Å². The van der Waals surface area contributed by atoms with Crippen molar-refractivity contribution in [3.8, 4) is 0 Å². The Hall–Kier alpha value is -1.85. The van der Waals surface area contributed by atoms with Crippen molar-refractivity contribution in [2.75, 3.05) is 5.32 Å². The molecule has 0 aliphatic rings. The lowest BCUT2D eigenvalue weighted by molar-refractivity contribution is 0.201. The Morgan fingerprint density at radius 3 is 2.70 bits per heavy atom. The van der Waals surface area contributed by atoms with Crippen LogP contribution in [0.3, 0.4) is 0 Å². The zero-order valence-electron chi connectivity index (χ0n) is 11.4. The standard InChI is InChI=1S/C14H15ClN2O3/c1-7-6-16-12(15)5-10(7)17-14(19)13-9(3)20-8(2)4-11(13)18/h4-6,14,19H,1-3H3,(H,16,17). The van der Waals surface area contributed by atoms with E-state index in [1.54, 1.807) is 26.1 Å². The van der Waals surface area contributed by atoms with Crippen molar-refractivity contribution in [1.29, 1.82) is 0 Å². The molecule has 2 heterocycles. The molecule has 1 unspecified atom stereocenters. The van der Waals surface area contributed by atoms with Gasteiger partial charge in [-0.1, -0.05) is 11.6 Å². The highest BCUT2D eigenvalue weighted by atomic mass is 35.5. The summed E-state index contributed by atoms with van der Waals surface area (Å²) in [4.78, 5) is 15.9. The van der Waals surface area contributed by atoms with E-state index < -0.39 is 6.23 Å². The highest BCUT2D eigenvalue weighted by Gasteiger charge is 2.17. The second-order valence-electron chi connectivity index (χ2n) is 4.56. The molecule has 2 aromatic heterocycles. The van der Waals surface area contributed by atoms with Crippen LogP contribution in [0, 0.1) is 20.8 Å². The van der Waals surface area contributed by atoms with Crippen molar-refractivity contribution in [3.05, 3.63) is 56.4 Å². The lowest BCUT2D eigenvalue weighted by Crippen LogP contribution is -2.21. The van der Waals surface area contributed by atoms with Crippen LogP contribution in [-0.4, -0.2) is 10.1 Å². The third kappa shape index (κ3) is 3.00. The van der Waals surface area contributed by atoms with Crippen LogP contribution in [0.2, 0.25) is 5.15 Å². The first-order valence-corrected chi connectivity index (χ1v) is 6.44. The summed E-state index contributed by atoms with van der Waals surface area (Å²) >= 11 is 5.82. The van der Waals surface area contributed by atoms with Crippen molar-refractivity contribution in [2.24, 2.45) is 0 Å². The summed E-state index contributed by atoms with van der Waals surface area (Å²) in [5.41, 5.74) is 1.33. The lowest BCUT2D eigenvalue weighted by atomic mass is 10.1. The van der Waals surface area contributed by atoms with Crippen LogP contribution in [-0.2, 0) is 0 Å². The average Bonchev–Trinajstić information content (AvgIpc) is 2.32. The monoisotopic (exact) mass is 294 g/mol. The van der Waals surface area contributed by atoms with Gasteiger partial charge in [0.05, 0.1) is 5.56 Å². The van der Waals surface area contributed by atoms with E-state index in [0.29, 0.717) is 22.4 Å². The number of halogens is 1.